The van der Waals surface area contributed by atoms with Crippen LogP contribution in [0, 0.1) is 0 Å². The van der Waals surface area contributed by atoms with Crippen LogP contribution in [0.2, 0.25) is 0 Å². The van der Waals surface area contributed by atoms with Crippen LogP contribution in [0.15, 0.2) is 30.3 Å². The molecule has 0 N–H and O–H groups in total. The second kappa shape index (κ2) is 5.51. The molecule has 0 saturated heterocycles. The van der Waals surface area contributed by atoms with Crippen LogP contribution in [0.3, 0.4) is 0 Å². The summed E-state index contributed by atoms with van der Waals surface area (Å²) in [7, 11) is 5.18. The second-order valence-corrected chi connectivity index (χ2v) is 3.69. The summed E-state index contributed by atoms with van der Waals surface area (Å²) in [5, 5.41) is 0. The summed E-state index contributed by atoms with van der Waals surface area (Å²) < 4.78 is 4.77. The maximum Gasteiger partial charge on any atom is 0.323 e. The largest absolute Gasteiger partial charge is 0.468 e. The molecule has 1 aromatic carbocycles. The van der Waals surface area contributed by atoms with Gasteiger partial charge in [0.1, 0.15) is 6.04 Å². The van der Waals surface area contributed by atoms with E-state index in [0.29, 0.717) is 6.42 Å². The number of hydrogen-bond acceptors (Lipinski definition) is 3. The minimum Gasteiger partial charge on any atom is -0.468 e. The number of methoxy groups -OCH3 is 1. The van der Waals surface area contributed by atoms with E-state index >= 15 is 0 Å². The third-order valence-corrected chi connectivity index (χ3v) is 2.37. The molecule has 3 heteroatoms. The fourth-order valence-electron chi connectivity index (χ4n) is 1.45. The van der Waals surface area contributed by atoms with Gasteiger partial charge in [-0.15, -0.1) is 0 Å². The molecule has 1 atom stereocenters. The van der Waals surface area contributed by atoms with Gasteiger partial charge in [0.05, 0.1) is 7.11 Å². The smallest absolute Gasteiger partial charge is 0.323 e. The average molecular weight is 207 g/mol. The number of esters is 1. The molecule has 0 aliphatic carbocycles. The van der Waals surface area contributed by atoms with E-state index in [2.05, 4.69) is 0 Å². The molecule has 0 aliphatic rings. The molecule has 0 aliphatic heterocycles. The van der Waals surface area contributed by atoms with Gasteiger partial charge < -0.3 is 4.74 Å². The lowest BCUT2D eigenvalue weighted by Gasteiger charge is -2.21. The molecule has 0 fully saturated rings. The first-order valence-electron chi connectivity index (χ1n) is 4.93. The van der Waals surface area contributed by atoms with Gasteiger partial charge in [0.2, 0.25) is 0 Å². The molecule has 1 rings (SSSR count). The minimum atomic E-state index is -0.211. The molecule has 15 heavy (non-hydrogen) atoms. The van der Waals surface area contributed by atoms with Crippen LogP contribution in [0.5, 0.6) is 0 Å². The van der Waals surface area contributed by atoms with E-state index in [1.165, 1.54) is 7.11 Å². The summed E-state index contributed by atoms with van der Waals surface area (Å²) in [4.78, 5) is 13.4. The van der Waals surface area contributed by atoms with Crippen molar-refractivity contribution in [2.75, 3.05) is 21.2 Å². The molecule has 0 radical (unpaired) electrons. The van der Waals surface area contributed by atoms with Gasteiger partial charge in [0, 0.05) is 0 Å². The van der Waals surface area contributed by atoms with E-state index < -0.39 is 0 Å². The number of nitrogens with zero attached hydrogens (tertiary/aromatic N) is 1. The lowest BCUT2D eigenvalue weighted by Crippen LogP contribution is -2.38. The highest BCUT2D eigenvalue weighted by atomic mass is 16.5. The fraction of sp³-hybridized carbons (Fsp3) is 0.417. The number of carbonyl (C=O) groups is 1. The molecule has 3 nitrogen and oxygen atoms in total. The number of benzene rings is 1. The Morgan fingerprint density at radius 2 is 1.93 bits per heavy atom. The van der Waals surface area contributed by atoms with Gasteiger partial charge in [-0.2, -0.15) is 0 Å². The standard InChI is InChI=1S/C12H17NO2/c1-13(2)11(12(14)15-3)9-10-7-5-4-6-8-10/h4-8,11H,9H2,1-3H3/t11-/m0/s1. The Hall–Kier alpha value is -1.35. The molecular weight excluding hydrogens is 190 g/mol. The topological polar surface area (TPSA) is 29.5 Å². The zero-order valence-corrected chi connectivity index (χ0v) is 9.43. The molecule has 0 unspecified atom stereocenters. The van der Waals surface area contributed by atoms with Crippen molar-refractivity contribution >= 4 is 5.97 Å². The van der Waals surface area contributed by atoms with E-state index in [9.17, 15) is 4.79 Å². The predicted octanol–water partition coefficient (Wildman–Crippen LogP) is 1.33. The first-order valence-corrected chi connectivity index (χ1v) is 4.93. The molecule has 0 amide bonds. The predicted molar refractivity (Wildman–Crippen MR) is 59.6 cm³/mol. The van der Waals surface area contributed by atoms with Crippen molar-refractivity contribution < 1.29 is 9.53 Å². The number of carbonyl (C=O) groups excluding carboxylic acids is 1. The third kappa shape index (κ3) is 3.36. The maximum atomic E-state index is 11.5. The van der Waals surface area contributed by atoms with Crippen LogP contribution in [-0.4, -0.2) is 38.1 Å². The Bertz CT molecular complexity index is 309. The van der Waals surface area contributed by atoms with Crippen LogP contribution in [0.25, 0.3) is 0 Å². The highest BCUT2D eigenvalue weighted by Gasteiger charge is 2.21. The van der Waals surface area contributed by atoms with Gasteiger partial charge >= 0.3 is 5.97 Å². The molecule has 0 spiro atoms. The van der Waals surface area contributed by atoms with Gasteiger partial charge in [-0.25, -0.2) is 0 Å². The molecule has 1 aromatic rings. The number of hydrogen-bond donors (Lipinski definition) is 0. The molecule has 0 saturated carbocycles. The lowest BCUT2D eigenvalue weighted by molar-refractivity contribution is -0.145. The molecule has 0 heterocycles. The maximum absolute atomic E-state index is 11.5. The van der Waals surface area contributed by atoms with Gasteiger partial charge in [0.15, 0.2) is 0 Å². The van der Waals surface area contributed by atoms with Crippen molar-refractivity contribution in [3.05, 3.63) is 35.9 Å². The van der Waals surface area contributed by atoms with Crippen LogP contribution in [0.4, 0.5) is 0 Å². The number of likely N-dealkylation sites (N-methyl/N-ethyl adjacent to an activating group) is 1. The molecular formula is C12H17NO2. The van der Waals surface area contributed by atoms with Crippen molar-refractivity contribution in [2.24, 2.45) is 0 Å². The zero-order valence-electron chi connectivity index (χ0n) is 9.43. The first kappa shape index (κ1) is 11.7. The van der Waals surface area contributed by atoms with Gasteiger partial charge in [-0.1, -0.05) is 30.3 Å². The second-order valence-electron chi connectivity index (χ2n) is 3.69. The van der Waals surface area contributed by atoms with E-state index in [0.717, 1.165) is 5.56 Å². The fourth-order valence-corrected chi connectivity index (χ4v) is 1.45. The average Bonchev–Trinajstić information content (AvgIpc) is 2.26. The van der Waals surface area contributed by atoms with Gasteiger partial charge in [0.25, 0.3) is 0 Å². The van der Waals surface area contributed by atoms with Crippen LogP contribution in [-0.2, 0) is 16.0 Å². The Labute approximate surface area is 90.7 Å². The quantitative estimate of drug-likeness (QED) is 0.698. The van der Waals surface area contributed by atoms with Crippen molar-refractivity contribution in [1.82, 2.24) is 4.90 Å². The summed E-state index contributed by atoms with van der Waals surface area (Å²) in [5.41, 5.74) is 1.14. The Morgan fingerprint density at radius 3 is 2.40 bits per heavy atom. The number of rotatable bonds is 4. The molecule has 82 valence electrons. The third-order valence-electron chi connectivity index (χ3n) is 2.37. The lowest BCUT2D eigenvalue weighted by atomic mass is 10.1. The minimum absolute atomic E-state index is 0.191. The van der Waals surface area contributed by atoms with E-state index in [1.54, 1.807) is 0 Å². The first-order chi connectivity index (χ1) is 7.15. The van der Waals surface area contributed by atoms with E-state index in [-0.39, 0.29) is 12.0 Å². The summed E-state index contributed by atoms with van der Waals surface area (Å²) >= 11 is 0. The van der Waals surface area contributed by atoms with Gasteiger partial charge in [-0.05, 0) is 26.1 Å². The number of ether oxygens (including phenoxy) is 1. The van der Waals surface area contributed by atoms with Crippen molar-refractivity contribution in [2.45, 2.75) is 12.5 Å². The van der Waals surface area contributed by atoms with Crippen LogP contribution >= 0.6 is 0 Å². The summed E-state index contributed by atoms with van der Waals surface area (Å²) in [5.74, 6) is -0.191. The molecule has 0 aromatic heterocycles. The van der Waals surface area contributed by atoms with Crippen molar-refractivity contribution in [1.29, 1.82) is 0 Å². The van der Waals surface area contributed by atoms with Crippen LogP contribution < -0.4 is 0 Å². The van der Waals surface area contributed by atoms with Crippen LogP contribution in [0.1, 0.15) is 5.56 Å². The normalized spacial score (nSPS) is 12.5. The monoisotopic (exact) mass is 207 g/mol. The molecule has 0 bridgehead atoms. The Morgan fingerprint density at radius 1 is 1.33 bits per heavy atom. The Kier molecular flexibility index (Phi) is 4.31. The van der Waals surface area contributed by atoms with E-state index in [1.807, 2.05) is 49.3 Å². The van der Waals surface area contributed by atoms with Crippen molar-refractivity contribution in [3.63, 3.8) is 0 Å². The van der Waals surface area contributed by atoms with Gasteiger partial charge in [-0.3, -0.25) is 9.69 Å². The highest BCUT2D eigenvalue weighted by Crippen LogP contribution is 2.07. The summed E-state index contributed by atoms with van der Waals surface area (Å²) in [6.45, 7) is 0. The highest BCUT2D eigenvalue weighted by molar-refractivity contribution is 5.76. The summed E-state index contributed by atoms with van der Waals surface area (Å²) in [6.07, 6.45) is 0.681. The SMILES string of the molecule is COC(=O)[C@H](Cc1ccccc1)N(C)C. The van der Waals surface area contributed by atoms with E-state index in [4.69, 9.17) is 4.74 Å². The zero-order chi connectivity index (χ0) is 11.3. The summed E-state index contributed by atoms with van der Waals surface area (Å²) in [6, 6.07) is 9.72. The van der Waals surface area contributed by atoms with Crippen molar-refractivity contribution in [3.8, 4) is 0 Å². The Balaban J connectivity index is 2.72.